The van der Waals surface area contributed by atoms with E-state index in [1.807, 2.05) is 11.8 Å². The van der Waals surface area contributed by atoms with Crippen molar-refractivity contribution in [3.8, 4) is 0 Å². The van der Waals surface area contributed by atoms with Crippen molar-refractivity contribution < 1.29 is 9.59 Å². The van der Waals surface area contributed by atoms with Crippen LogP contribution in [0.25, 0.3) is 0 Å². The van der Waals surface area contributed by atoms with E-state index in [0.29, 0.717) is 24.6 Å². The number of nitrogens with zero attached hydrogens (tertiary/aromatic N) is 6. The van der Waals surface area contributed by atoms with Crippen molar-refractivity contribution in [1.82, 2.24) is 24.7 Å². The number of carbonyl (C=O) groups excluding carboxylic acids is 2. The molecule has 3 rings (SSSR count). The van der Waals surface area contributed by atoms with E-state index in [9.17, 15) is 9.59 Å². The molecule has 3 heterocycles. The molecule has 0 aromatic carbocycles. The minimum atomic E-state index is -0.0194. The van der Waals surface area contributed by atoms with Crippen LogP contribution in [0.5, 0.6) is 0 Å². The van der Waals surface area contributed by atoms with Crippen LogP contribution < -0.4 is 4.90 Å². The lowest BCUT2D eigenvalue weighted by molar-refractivity contribution is -0.118. The largest absolute Gasteiger partial charge is 0.353 e. The average molecular weight is 346 g/mol. The average Bonchev–Trinajstić information content (AvgIpc) is 2.67. The Morgan fingerprint density at radius 1 is 1.08 bits per heavy atom. The van der Waals surface area contributed by atoms with Gasteiger partial charge in [-0.2, -0.15) is 0 Å². The quantitative estimate of drug-likeness (QED) is 0.706. The molecule has 0 spiro atoms. The first-order valence-electron chi connectivity index (χ1n) is 8.92. The summed E-state index contributed by atoms with van der Waals surface area (Å²) in [4.78, 5) is 40.6. The summed E-state index contributed by atoms with van der Waals surface area (Å²) in [6.07, 6.45) is 0.882. The summed E-state index contributed by atoms with van der Waals surface area (Å²) in [5, 5.41) is 0. The standard InChI is InChI=1S/C17H26N6O2/c1-3-20-4-10-23(11-5-20)17(25)15-12-16(19-14(2)18-15)22-8-6-21(13-24)7-9-22/h12-13H,3-11H2,1-2H3. The fourth-order valence-corrected chi connectivity index (χ4v) is 3.31. The first-order chi connectivity index (χ1) is 12.1. The molecule has 1 aromatic heterocycles. The van der Waals surface area contributed by atoms with Crippen molar-refractivity contribution in [2.45, 2.75) is 13.8 Å². The molecule has 8 heteroatoms. The molecule has 0 bridgehead atoms. The molecule has 0 unspecified atom stereocenters. The first-order valence-corrected chi connectivity index (χ1v) is 8.92. The maximum atomic E-state index is 12.8. The third kappa shape index (κ3) is 4.07. The van der Waals surface area contributed by atoms with Crippen molar-refractivity contribution in [2.75, 3.05) is 63.8 Å². The summed E-state index contributed by atoms with van der Waals surface area (Å²) in [7, 11) is 0. The molecule has 8 nitrogen and oxygen atoms in total. The van der Waals surface area contributed by atoms with E-state index in [-0.39, 0.29) is 5.91 Å². The van der Waals surface area contributed by atoms with Gasteiger partial charge in [-0.15, -0.1) is 0 Å². The third-order valence-electron chi connectivity index (χ3n) is 4.94. The number of aromatic nitrogens is 2. The van der Waals surface area contributed by atoms with Crippen LogP contribution in [0.3, 0.4) is 0 Å². The molecule has 2 amide bonds. The molecule has 2 aliphatic rings. The highest BCUT2D eigenvalue weighted by Gasteiger charge is 2.24. The fourth-order valence-electron chi connectivity index (χ4n) is 3.31. The van der Waals surface area contributed by atoms with Gasteiger partial charge < -0.3 is 19.6 Å². The number of amides is 2. The normalized spacial score (nSPS) is 19.2. The number of rotatable bonds is 4. The smallest absolute Gasteiger partial charge is 0.272 e. The van der Waals surface area contributed by atoms with Gasteiger partial charge in [0.25, 0.3) is 5.91 Å². The van der Waals surface area contributed by atoms with Gasteiger partial charge in [-0.25, -0.2) is 9.97 Å². The van der Waals surface area contributed by atoms with Crippen LogP contribution >= 0.6 is 0 Å². The van der Waals surface area contributed by atoms with Crippen LogP contribution in [0.15, 0.2) is 6.07 Å². The van der Waals surface area contributed by atoms with Gasteiger partial charge in [0.05, 0.1) is 0 Å². The molecular formula is C17H26N6O2. The minimum absolute atomic E-state index is 0.0194. The lowest BCUT2D eigenvalue weighted by atomic mass is 10.2. The SMILES string of the molecule is CCN1CCN(C(=O)c2cc(N3CCN(C=O)CC3)nc(C)n2)CC1. The number of hydrogen-bond donors (Lipinski definition) is 0. The predicted molar refractivity (Wildman–Crippen MR) is 94.6 cm³/mol. The molecule has 2 saturated heterocycles. The van der Waals surface area contributed by atoms with Crippen LogP contribution in [0.2, 0.25) is 0 Å². The Bertz CT molecular complexity index is 622. The molecule has 0 aliphatic carbocycles. The maximum Gasteiger partial charge on any atom is 0.272 e. The number of aryl methyl sites for hydroxylation is 1. The van der Waals surface area contributed by atoms with Gasteiger partial charge in [0.15, 0.2) is 0 Å². The number of hydrogen-bond acceptors (Lipinski definition) is 6. The van der Waals surface area contributed by atoms with E-state index < -0.39 is 0 Å². The second-order valence-electron chi connectivity index (χ2n) is 6.51. The van der Waals surface area contributed by atoms with Gasteiger partial charge in [-0.05, 0) is 13.5 Å². The Balaban J connectivity index is 1.71. The molecule has 0 atom stereocenters. The van der Waals surface area contributed by atoms with E-state index in [1.165, 1.54) is 0 Å². The summed E-state index contributed by atoms with van der Waals surface area (Å²) in [6.45, 7) is 11.1. The van der Waals surface area contributed by atoms with Crippen molar-refractivity contribution in [3.63, 3.8) is 0 Å². The highest BCUT2D eigenvalue weighted by atomic mass is 16.2. The Hall–Kier alpha value is -2.22. The number of carbonyl (C=O) groups is 2. The zero-order valence-corrected chi connectivity index (χ0v) is 15.0. The Kier molecular flexibility index (Phi) is 5.47. The molecule has 0 radical (unpaired) electrons. The minimum Gasteiger partial charge on any atom is -0.353 e. The van der Waals surface area contributed by atoms with Crippen molar-refractivity contribution in [1.29, 1.82) is 0 Å². The molecular weight excluding hydrogens is 320 g/mol. The van der Waals surface area contributed by atoms with Gasteiger partial charge in [0, 0.05) is 58.4 Å². The lowest BCUT2D eigenvalue weighted by Gasteiger charge is -2.35. The molecule has 25 heavy (non-hydrogen) atoms. The van der Waals surface area contributed by atoms with Crippen molar-refractivity contribution in [2.24, 2.45) is 0 Å². The second kappa shape index (κ2) is 7.77. The van der Waals surface area contributed by atoms with E-state index in [0.717, 1.165) is 58.0 Å². The summed E-state index contributed by atoms with van der Waals surface area (Å²) in [6, 6.07) is 1.79. The summed E-state index contributed by atoms with van der Waals surface area (Å²) >= 11 is 0. The zero-order chi connectivity index (χ0) is 17.8. The molecule has 136 valence electrons. The lowest BCUT2D eigenvalue weighted by Crippen LogP contribution is -2.49. The second-order valence-corrected chi connectivity index (χ2v) is 6.51. The fraction of sp³-hybridized carbons (Fsp3) is 0.647. The van der Waals surface area contributed by atoms with E-state index in [2.05, 4.69) is 26.7 Å². The van der Waals surface area contributed by atoms with Crippen LogP contribution in [0.4, 0.5) is 5.82 Å². The van der Waals surface area contributed by atoms with E-state index in [4.69, 9.17) is 0 Å². The van der Waals surface area contributed by atoms with Gasteiger partial charge in [0.2, 0.25) is 6.41 Å². The highest BCUT2D eigenvalue weighted by molar-refractivity contribution is 5.93. The molecule has 2 aliphatic heterocycles. The zero-order valence-electron chi connectivity index (χ0n) is 15.0. The van der Waals surface area contributed by atoms with Gasteiger partial charge in [-0.1, -0.05) is 6.92 Å². The molecule has 1 aromatic rings. The summed E-state index contributed by atoms with van der Waals surface area (Å²) in [5.74, 6) is 1.36. The molecule has 2 fully saturated rings. The highest BCUT2D eigenvalue weighted by Crippen LogP contribution is 2.17. The Labute approximate surface area is 148 Å². The first kappa shape index (κ1) is 17.6. The van der Waals surface area contributed by atoms with Crippen LogP contribution in [0.1, 0.15) is 23.2 Å². The van der Waals surface area contributed by atoms with E-state index in [1.54, 1.807) is 11.0 Å². The molecule has 0 N–H and O–H groups in total. The van der Waals surface area contributed by atoms with Gasteiger partial charge in [0.1, 0.15) is 17.3 Å². The summed E-state index contributed by atoms with van der Waals surface area (Å²) < 4.78 is 0. The van der Waals surface area contributed by atoms with Crippen molar-refractivity contribution >= 4 is 18.1 Å². The maximum absolute atomic E-state index is 12.8. The monoisotopic (exact) mass is 346 g/mol. The van der Waals surface area contributed by atoms with Gasteiger partial charge >= 0.3 is 0 Å². The third-order valence-corrected chi connectivity index (χ3v) is 4.94. The van der Waals surface area contributed by atoms with Crippen LogP contribution in [-0.2, 0) is 4.79 Å². The van der Waals surface area contributed by atoms with Crippen molar-refractivity contribution in [3.05, 3.63) is 17.6 Å². The summed E-state index contributed by atoms with van der Waals surface area (Å²) in [5.41, 5.74) is 0.463. The predicted octanol–water partition coefficient (Wildman–Crippen LogP) is -0.159. The topological polar surface area (TPSA) is 72.9 Å². The number of likely N-dealkylation sites (N-methyl/N-ethyl adjacent to an activating group) is 1. The Morgan fingerprint density at radius 2 is 1.76 bits per heavy atom. The Morgan fingerprint density at radius 3 is 2.36 bits per heavy atom. The molecule has 0 saturated carbocycles. The van der Waals surface area contributed by atoms with Crippen LogP contribution in [0, 0.1) is 6.92 Å². The van der Waals surface area contributed by atoms with Crippen LogP contribution in [-0.4, -0.2) is 95.9 Å². The number of anilines is 1. The van der Waals surface area contributed by atoms with Gasteiger partial charge in [-0.3, -0.25) is 9.59 Å². The number of piperazine rings is 2. The van der Waals surface area contributed by atoms with E-state index >= 15 is 0 Å².